The smallest absolute Gasteiger partial charge is 0.275 e. The van der Waals surface area contributed by atoms with Gasteiger partial charge in [0.25, 0.3) is 5.91 Å². The lowest BCUT2D eigenvalue weighted by Crippen LogP contribution is -2.13. The van der Waals surface area contributed by atoms with Gasteiger partial charge in [-0.2, -0.15) is 0 Å². The first-order chi connectivity index (χ1) is 11.5. The number of pyridine rings is 1. The fourth-order valence-electron chi connectivity index (χ4n) is 1.95. The minimum atomic E-state index is -0.724. The van der Waals surface area contributed by atoms with Crippen molar-refractivity contribution in [1.82, 2.24) is 10.1 Å². The molecular formula is C16H12F2N4O2. The molecule has 0 aliphatic rings. The molecule has 2 N–H and O–H groups in total. The first-order valence-corrected chi connectivity index (χ1v) is 6.94. The van der Waals surface area contributed by atoms with Crippen LogP contribution < -0.4 is 10.6 Å². The predicted molar refractivity (Wildman–Crippen MR) is 83.1 cm³/mol. The highest BCUT2D eigenvalue weighted by Crippen LogP contribution is 2.20. The topological polar surface area (TPSA) is 80.0 Å². The average molecular weight is 330 g/mol. The number of halogens is 2. The van der Waals surface area contributed by atoms with E-state index in [0.29, 0.717) is 11.4 Å². The minimum absolute atomic E-state index is 0.105. The van der Waals surface area contributed by atoms with Crippen molar-refractivity contribution in [3.05, 3.63) is 65.7 Å². The number of aryl methyl sites for hydroxylation is 1. The Morgan fingerprint density at radius 2 is 2.00 bits per heavy atom. The molecule has 3 rings (SSSR count). The van der Waals surface area contributed by atoms with E-state index < -0.39 is 17.5 Å². The van der Waals surface area contributed by atoms with E-state index in [9.17, 15) is 13.6 Å². The van der Waals surface area contributed by atoms with Crippen LogP contribution in [0.3, 0.4) is 0 Å². The highest BCUT2D eigenvalue weighted by atomic mass is 19.1. The molecule has 0 spiro atoms. The maximum atomic E-state index is 13.6. The number of carbonyl (C=O) groups is 1. The van der Waals surface area contributed by atoms with Gasteiger partial charge in [-0.15, -0.1) is 0 Å². The molecule has 122 valence electrons. The number of amides is 1. The molecule has 0 unspecified atom stereocenters. The monoisotopic (exact) mass is 330 g/mol. The van der Waals surface area contributed by atoms with Crippen LogP contribution in [0, 0.1) is 18.6 Å². The Bertz CT molecular complexity index is 878. The van der Waals surface area contributed by atoms with E-state index in [0.717, 1.165) is 12.1 Å². The molecule has 0 saturated carbocycles. The van der Waals surface area contributed by atoms with Gasteiger partial charge in [0.2, 0.25) is 0 Å². The van der Waals surface area contributed by atoms with Crippen molar-refractivity contribution in [1.29, 1.82) is 0 Å². The minimum Gasteiger partial charge on any atom is -0.360 e. The Balaban J connectivity index is 1.69. The Labute approximate surface area is 135 Å². The van der Waals surface area contributed by atoms with Gasteiger partial charge in [0.05, 0.1) is 17.6 Å². The van der Waals surface area contributed by atoms with Crippen LogP contribution in [0.5, 0.6) is 0 Å². The van der Waals surface area contributed by atoms with Crippen molar-refractivity contribution in [3.8, 4) is 0 Å². The summed E-state index contributed by atoms with van der Waals surface area (Å²) in [6.45, 7) is 1.70. The zero-order chi connectivity index (χ0) is 17.1. The Morgan fingerprint density at radius 1 is 1.17 bits per heavy atom. The number of hydrogen-bond acceptors (Lipinski definition) is 5. The number of nitrogens with one attached hydrogen (secondary N) is 2. The van der Waals surface area contributed by atoms with Gasteiger partial charge in [-0.3, -0.25) is 4.79 Å². The van der Waals surface area contributed by atoms with Crippen LogP contribution >= 0.6 is 0 Å². The third-order valence-corrected chi connectivity index (χ3v) is 3.08. The van der Waals surface area contributed by atoms with Crippen LogP contribution in [0.2, 0.25) is 0 Å². The molecule has 3 aromatic rings. The molecule has 0 atom stereocenters. The van der Waals surface area contributed by atoms with Crippen molar-refractivity contribution in [3.63, 3.8) is 0 Å². The molecule has 1 amide bonds. The van der Waals surface area contributed by atoms with Gasteiger partial charge in [0.1, 0.15) is 23.1 Å². The number of anilines is 3. The molecule has 0 saturated heterocycles. The quantitative estimate of drug-likeness (QED) is 0.763. The first kappa shape index (κ1) is 15.6. The zero-order valence-corrected chi connectivity index (χ0v) is 12.5. The molecule has 24 heavy (non-hydrogen) atoms. The SMILES string of the molecule is Cc1cc(NC(=O)c2ccc(Nc3ccc(F)cc3F)cn2)no1. The fourth-order valence-corrected chi connectivity index (χ4v) is 1.95. The van der Waals surface area contributed by atoms with Crippen LogP contribution in [0.4, 0.5) is 26.0 Å². The second-order valence-corrected chi connectivity index (χ2v) is 4.96. The normalized spacial score (nSPS) is 10.5. The lowest BCUT2D eigenvalue weighted by molar-refractivity contribution is 0.102. The summed E-state index contributed by atoms with van der Waals surface area (Å²) in [4.78, 5) is 16.0. The van der Waals surface area contributed by atoms with Gasteiger partial charge >= 0.3 is 0 Å². The van der Waals surface area contributed by atoms with E-state index in [4.69, 9.17) is 4.52 Å². The van der Waals surface area contributed by atoms with E-state index in [1.54, 1.807) is 19.1 Å². The summed E-state index contributed by atoms with van der Waals surface area (Å²) >= 11 is 0. The van der Waals surface area contributed by atoms with Crippen LogP contribution in [-0.2, 0) is 0 Å². The summed E-state index contributed by atoms with van der Waals surface area (Å²) in [5.41, 5.74) is 0.712. The van der Waals surface area contributed by atoms with Gasteiger partial charge < -0.3 is 15.2 Å². The van der Waals surface area contributed by atoms with Crippen LogP contribution in [0.1, 0.15) is 16.2 Å². The number of carbonyl (C=O) groups excluding carboxylic acids is 1. The Kier molecular flexibility index (Phi) is 4.19. The Hall–Kier alpha value is -3.29. The van der Waals surface area contributed by atoms with Gasteiger partial charge in [-0.1, -0.05) is 5.16 Å². The average Bonchev–Trinajstić information content (AvgIpc) is 2.96. The molecule has 0 radical (unpaired) electrons. The van der Waals surface area contributed by atoms with Crippen molar-refractivity contribution < 1.29 is 18.1 Å². The van der Waals surface area contributed by atoms with Crippen molar-refractivity contribution in [2.75, 3.05) is 10.6 Å². The highest BCUT2D eigenvalue weighted by Gasteiger charge is 2.11. The lowest BCUT2D eigenvalue weighted by Gasteiger charge is -2.08. The number of aromatic nitrogens is 2. The molecule has 0 aliphatic heterocycles. The van der Waals surface area contributed by atoms with Gasteiger partial charge in [-0.25, -0.2) is 13.8 Å². The molecule has 1 aromatic carbocycles. The zero-order valence-electron chi connectivity index (χ0n) is 12.5. The number of nitrogens with zero attached hydrogens (tertiary/aromatic N) is 2. The Morgan fingerprint density at radius 3 is 2.62 bits per heavy atom. The maximum absolute atomic E-state index is 13.6. The van der Waals surface area contributed by atoms with E-state index in [-0.39, 0.29) is 17.2 Å². The number of benzene rings is 1. The van der Waals surface area contributed by atoms with E-state index in [1.165, 1.54) is 18.3 Å². The highest BCUT2D eigenvalue weighted by molar-refractivity contribution is 6.02. The largest absolute Gasteiger partial charge is 0.360 e. The molecule has 2 aromatic heterocycles. The molecule has 0 bridgehead atoms. The van der Waals surface area contributed by atoms with Gasteiger partial charge in [0, 0.05) is 12.1 Å². The van der Waals surface area contributed by atoms with Crippen molar-refractivity contribution >= 4 is 23.1 Å². The van der Waals surface area contributed by atoms with Crippen LogP contribution in [0.25, 0.3) is 0 Å². The molecule has 8 heteroatoms. The van der Waals surface area contributed by atoms with Crippen molar-refractivity contribution in [2.24, 2.45) is 0 Å². The standard InChI is InChI=1S/C16H12F2N4O2/c1-9-6-15(22-24-9)21-16(23)14-5-3-11(8-19-14)20-13-4-2-10(17)7-12(13)18/h2-8,20H,1H3,(H,21,22,23). The van der Waals surface area contributed by atoms with E-state index in [2.05, 4.69) is 20.8 Å². The third-order valence-electron chi connectivity index (χ3n) is 3.08. The maximum Gasteiger partial charge on any atom is 0.275 e. The van der Waals surface area contributed by atoms with Crippen LogP contribution in [-0.4, -0.2) is 16.0 Å². The summed E-state index contributed by atoms with van der Waals surface area (Å²) in [6, 6.07) is 7.78. The van der Waals surface area contributed by atoms with E-state index in [1.807, 2.05) is 0 Å². The number of hydrogen-bond donors (Lipinski definition) is 2. The molecule has 2 heterocycles. The summed E-state index contributed by atoms with van der Waals surface area (Å²) in [6.07, 6.45) is 1.37. The predicted octanol–water partition coefficient (Wildman–Crippen LogP) is 3.65. The second kappa shape index (κ2) is 6.45. The molecule has 0 fully saturated rings. The van der Waals surface area contributed by atoms with Crippen molar-refractivity contribution in [2.45, 2.75) is 6.92 Å². The summed E-state index contributed by atoms with van der Waals surface area (Å²) in [7, 11) is 0. The second-order valence-electron chi connectivity index (χ2n) is 4.96. The molecule has 0 aliphatic carbocycles. The van der Waals surface area contributed by atoms with Gasteiger partial charge in [0.15, 0.2) is 5.82 Å². The molecule has 6 nitrogen and oxygen atoms in total. The lowest BCUT2D eigenvalue weighted by atomic mass is 10.2. The van der Waals surface area contributed by atoms with Gasteiger partial charge in [-0.05, 0) is 31.2 Å². The van der Waals surface area contributed by atoms with Crippen LogP contribution in [0.15, 0.2) is 47.1 Å². The molecular weight excluding hydrogens is 318 g/mol. The summed E-state index contributed by atoms with van der Waals surface area (Å²) in [5, 5.41) is 8.94. The van der Waals surface area contributed by atoms with E-state index >= 15 is 0 Å². The summed E-state index contributed by atoms with van der Waals surface area (Å²) in [5.74, 6) is -0.985. The summed E-state index contributed by atoms with van der Waals surface area (Å²) < 4.78 is 31.3. The third kappa shape index (κ3) is 3.54. The fraction of sp³-hybridized carbons (Fsp3) is 0.0625. The first-order valence-electron chi connectivity index (χ1n) is 6.94. The number of rotatable bonds is 4.